The topological polar surface area (TPSA) is 76.6 Å². The Morgan fingerprint density at radius 3 is 2.44 bits per heavy atom. The normalized spacial score (nSPS) is 11.8. The quantitative estimate of drug-likeness (QED) is 0.376. The summed E-state index contributed by atoms with van der Waals surface area (Å²) in [7, 11) is 2.82. The summed E-state index contributed by atoms with van der Waals surface area (Å²) in [6.45, 7) is 1.96. The maximum atomic E-state index is 12.9. The molecule has 0 aliphatic rings. The highest BCUT2D eigenvalue weighted by atomic mass is 32.2. The number of fused-ring (bicyclic) bond motifs is 1. The molecule has 0 bridgehead atoms. The van der Waals surface area contributed by atoms with Gasteiger partial charge in [-0.2, -0.15) is 0 Å². The van der Waals surface area contributed by atoms with Crippen molar-refractivity contribution in [2.24, 2.45) is 19.1 Å². The Bertz CT molecular complexity index is 1470. The third-order valence-electron chi connectivity index (χ3n) is 5.27. The van der Waals surface area contributed by atoms with E-state index in [4.69, 9.17) is 4.99 Å². The van der Waals surface area contributed by atoms with Crippen molar-refractivity contribution in [2.75, 3.05) is 0 Å². The highest BCUT2D eigenvalue weighted by Gasteiger charge is 2.21. The van der Waals surface area contributed by atoms with Gasteiger partial charge < -0.3 is 5.11 Å². The first-order valence-corrected chi connectivity index (χ1v) is 11.1. The fraction of sp³-hybridized carbons (Fsp3) is 0.160. The smallest absolute Gasteiger partial charge is 0.333 e. The van der Waals surface area contributed by atoms with Gasteiger partial charge in [-0.3, -0.25) is 13.9 Å². The Balaban J connectivity index is 1.80. The summed E-state index contributed by atoms with van der Waals surface area (Å²) in [4.78, 5) is 29.8. The van der Waals surface area contributed by atoms with Gasteiger partial charge >= 0.3 is 5.69 Å². The molecule has 0 amide bonds. The van der Waals surface area contributed by atoms with Crippen LogP contribution in [0, 0.1) is 6.92 Å². The summed E-state index contributed by atoms with van der Waals surface area (Å²) in [5, 5.41) is 13.3. The number of nitrogens with zero attached hydrogens (tertiary/aromatic N) is 3. The molecular formula is C25H23N3O3S. The largest absolute Gasteiger partial charge is 0.494 e. The molecule has 0 radical (unpaired) electrons. The van der Waals surface area contributed by atoms with Crippen molar-refractivity contribution in [1.29, 1.82) is 0 Å². The van der Waals surface area contributed by atoms with Gasteiger partial charge in [0, 0.05) is 19.8 Å². The molecule has 3 aromatic carbocycles. The SMILES string of the molecule is Cc1cccc(N=C(SCc2ccc3ccccc3c2)c2c(O)n(C)c(=O)n(C)c2=O)c1. The Kier molecular flexibility index (Phi) is 6.01. The van der Waals surface area contributed by atoms with E-state index in [2.05, 4.69) is 24.3 Å². The maximum absolute atomic E-state index is 12.9. The molecule has 0 unspecified atom stereocenters. The van der Waals surface area contributed by atoms with Crippen molar-refractivity contribution < 1.29 is 5.11 Å². The number of rotatable bonds is 4. The van der Waals surface area contributed by atoms with Crippen LogP contribution in [0.5, 0.6) is 5.88 Å². The fourth-order valence-corrected chi connectivity index (χ4v) is 4.45. The number of hydrogen-bond donors (Lipinski definition) is 1. The van der Waals surface area contributed by atoms with Gasteiger partial charge in [-0.25, -0.2) is 9.79 Å². The van der Waals surface area contributed by atoms with Crippen LogP contribution in [0.1, 0.15) is 16.7 Å². The summed E-state index contributed by atoms with van der Waals surface area (Å²) < 4.78 is 2.04. The van der Waals surface area contributed by atoms with Gasteiger partial charge in [0.25, 0.3) is 5.56 Å². The van der Waals surface area contributed by atoms with Gasteiger partial charge in [-0.15, -0.1) is 11.8 Å². The van der Waals surface area contributed by atoms with E-state index in [-0.39, 0.29) is 5.56 Å². The Hall–Kier alpha value is -3.58. The first kappa shape index (κ1) is 21.6. The second kappa shape index (κ2) is 8.88. The molecule has 1 aromatic heterocycles. The molecule has 0 spiro atoms. The van der Waals surface area contributed by atoms with Crippen molar-refractivity contribution in [3.05, 3.63) is 104 Å². The molecule has 4 rings (SSSR count). The van der Waals surface area contributed by atoms with Crippen LogP contribution >= 0.6 is 11.8 Å². The maximum Gasteiger partial charge on any atom is 0.333 e. The van der Waals surface area contributed by atoms with E-state index >= 15 is 0 Å². The lowest BCUT2D eigenvalue weighted by atomic mass is 10.1. The highest BCUT2D eigenvalue weighted by molar-refractivity contribution is 8.13. The average molecular weight is 446 g/mol. The molecule has 6 nitrogen and oxygen atoms in total. The van der Waals surface area contributed by atoms with E-state index in [1.807, 2.05) is 49.4 Å². The molecule has 0 saturated carbocycles. The molecule has 7 heteroatoms. The molecule has 0 fully saturated rings. The summed E-state index contributed by atoms with van der Waals surface area (Å²) in [5.41, 5.74) is 1.60. The predicted molar refractivity (Wildman–Crippen MR) is 131 cm³/mol. The van der Waals surface area contributed by atoms with Crippen LogP contribution < -0.4 is 11.2 Å². The van der Waals surface area contributed by atoms with E-state index in [1.54, 1.807) is 0 Å². The van der Waals surface area contributed by atoms with E-state index in [0.29, 0.717) is 16.5 Å². The summed E-state index contributed by atoms with van der Waals surface area (Å²) in [6.07, 6.45) is 0. The van der Waals surface area contributed by atoms with Crippen LogP contribution in [0.4, 0.5) is 5.69 Å². The van der Waals surface area contributed by atoms with E-state index in [0.717, 1.165) is 31.0 Å². The highest BCUT2D eigenvalue weighted by Crippen LogP contribution is 2.27. The van der Waals surface area contributed by atoms with Crippen LogP contribution in [0.3, 0.4) is 0 Å². The van der Waals surface area contributed by atoms with Crippen molar-refractivity contribution in [3.8, 4) is 5.88 Å². The molecule has 1 N–H and O–H groups in total. The minimum atomic E-state index is -0.592. The molecule has 4 aromatic rings. The average Bonchev–Trinajstić information content (AvgIpc) is 2.80. The van der Waals surface area contributed by atoms with Gasteiger partial charge in [0.15, 0.2) is 0 Å². The standard InChI is InChI=1S/C25H23N3O3S/c1-16-7-6-10-20(13-16)26-22(21-23(29)27(2)25(31)28(3)24(21)30)32-15-17-11-12-18-8-4-5-9-19(18)14-17/h4-14,29H,15H2,1-3H3. The number of aliphatic imine (C=N–C) groups is 1. The first-order valence-electron chi connectivity index (χ1n) is 10.1. The van der Waals surface area contributed by atoms with Gasteiger partial charge in [0.1, 0.15) is 10.6 Å². The number of hydrogen-bond acceptors (Lipinski definition) is 5. The van der Waals surface area contributed by atoms with Gasteiger partial charge in [0.05, 0.1) is 5.69 Å². The lowest BCUT2D eigenvalue weighted by Crippen LogP contribution is -2.39. The monoisotopic (exact) mass is 445 g/mol. The van der Waals surface area contributed by atoms with Crippen molar-refractivity contribution in [2.45, 2.75) is 12.7 Å². The molecule has 0 atom stereocenters. The lowest BCUT2D eigenvalue weighted by molar-refractivity contribution is 0.410. The van der Waals surface area contributed by atoms with Crippen molar-refractivity contribution in [1.82, 2.24) is 9.13 Å². The van der Waals surface area contributed by atoms with Crippen molar-refractivity contribution in [3.63, 3.8) is 0 Å². The van der Waals surface area contributed by atoms with Crippen molar-refractivity contribution >= 4 is 33.3 Å². The van der Waals surface area contributed by atoms with Crippen LogP contribution in [0.2, 0.25) is 0 Å². The molecule has 32 heavy (non-hydrogen) atoms. The third-order valence-corrected chi connectivity index (χ3v) is 6.32. The fourth-order valence-electron chi connectivity index (χ4n) is 3.48. The predicted octanol–water partition coefficient (Wildman–Crippen LogP) is 4.26. The zero-order chi connectivity index (χ0) is 22.8. The van der Waals surface area contributed by atoms with Gasteiger partial charge in [-0.05, 0) is 41.0 Å². The van der Waals surface area contributed by atoms with Gasteiger partial charge in [0.2, 0.25) is 5.88 Å². The molecule has 1 heterocycles. The Morgan fingerprint density at radius 1 is 0.938 bits per heavy atom. The molecule has 162 valence electrons. The van der Waals surface area contributed by atoms with E-state index < -0.39 is 17.1 Å². The zero-order valence-electron chi connectivity index (χ0n) is 18.1. The Labute approximate surface area is 189 Å². The summed E-state index contributed by atoms with van der Waals surface area (Å²) >= 11 is 1.35. The second-order valence-corrected chi connectivity index (χ2v) is 8.59. The van der Waals surface area contributed by atoms with Crippen LogP contribution in [-0.4, -0.2) is 19.3 Å². The van der Waals surface area contributed by atoms with Gasteiger partial charge in [-0.1, -0.05) is 54.6 Å². The lowest BCUT2D eigenvalue weighted by Gasteiger charge is -2.13. The number of benzene rings is 3. The van der Waals surface area contributed by atoms with E-state index in [1.165, 1.54) is 25.9 Å². The molecule has 0 saturated heterocycles. The molecule has 0 aliphatic heterocycles. The summed E-state index contributed by atoms with van der Waals surface area (Å²) in [5.74, 6) is 0.150. The number of aromatic hydroxyl groups is 1. The Morgan fingerprint density at radius 2 is 1.69 bits per heavy atom. The number of aromatic nitrogens is 2. The zero-order valence-corrected chi connectivity index (χ0v) is 18.9. The first-order chi connectivity index (χ1) is 15.3. The number of thioether (sulfide) groups is 1. The number of aryl methyl sites for hydroxylation is 1. The third kappa shape index (κ3) is 4.24. The molecular weight excluding hydrogens is 422 g/mol. The molecule has 0 aliphatic carbocycles. The van der Waals surface area contributed by atoms with Crippen LogP contribution in [-0.2, 0) is 19.8 Å². The van der Waals surface area contributed by atoms with E-state index in [9.17, 15) is 14.7 Å². The van der Waals surface area contributed by atoms with Crippen LogP contribution in [0.15, 0.2) is 81.3 Å². The minimum Gasteiger partial charge on any atom is -0.494 e. The summed E-state index contributed by atoms with van der Waals surface area (Å²) in [6, 6.07) is 21.9. The van der Waals surface area contributed by atoms with Crippen LogP contribution in [0.25, 0.3) is 10.8 Å². The minimum absolute atomic E-state index is 0.0156. The second-order valence-electron chi connectivity index (χ2n) is 7.63.